The van der Waals surface area contributed by atoms with Gasteiger partial charge >= 0.3 is 0 Å². The van der Waals surface area contributed by atoms with Gasteiger partial charge in [-0.1, -0.05) is 48.1 Å². The van der Waals surface area contributed by atoms with E-state index in [-0.39, 0.29) is 43.0 Å². The van der Waals surface area contributed by atoms with Gasteiger partial charge in [-0.2, -0.15) is 0 Å². The Morgan fingerprint density at radius 2 is 1.60 bits per heavy atom. The minimum absolute atomic E-state index is 0.120. The molecule has 0 saturated carbocycles. The molecule has 0 spiro atoms. The fourth-order valence-corrected chi connectivity index (χ4v) is 7.81. The Balaban J connectivity index is 1.19. The maximum absolute atomic E-state index is 14.3. The van der Waals surface area contributed by atoms with Crippen LogP contribution in [-0.4, -0.2) is 55.9 Å². The molecule has 2 amide bonds. The number of nitrogens with zero attached hydrogens (tertiary/aromatic N) is 1. The Kier molecular flexibility index (Phi) is 8.84. The zero-order valence-electron chi connectivity index (χ0n) is 28.1. The first-order chi connectivity index (χ1) is 24.2. The Labute approximate surface area is 290 Å². The lowest BCUT2D eigenvalue weighted by molar-refractivity contribution is -0.123. The van der Waals surface area contributed by atoms with Gasteiger partial charge in [-0.3, -0.25) is 24.1 Å². The van der Waals surface area contributed by atoms with Crippen molar-refractivity contribution in [2.75, 3.05) is 32.3 Å². The molecule has 9 heteroatoms. The number of aliphatic hydroxyl groups excluding tert-OH is 1. The number of fused-ring (bicyclic) bond motifs is 3. The molecule has 1 N–H and O–H groups in total. The van der Waals surface area contributed by atoms with Gasteiger partial charge < -0.3 is 19.3 Å². The summed E-state index contributed by atoms with van der Waals surface area (Å²) in [5.41, 5.74) is 5.12. The lowest BCUT2D eigenvalue weighted by atomic mass is 9.59. The second-order valence-electron chi connectivity index (χ2n) is 12.9. The van der Waals surface area contributed by atoms with E-state index in [0.717, 1.165) is 22.3 Å². The number of ketones is 2. The van der Waals surface area contributed by atoms with E-state index in [1.165, 1.54) is 11.0 Å². The molecule has 1 saturated heterocycles. The quantitative estimate of drug-likeness (QED) is 0.130. The zero-order valence-corrected chi connectivity index (χ0v) is 28.1. The monoisotopic (exact) mass is 671 g/mol. The van der Waals surface area contributed by atoms with E-state index in [0.29, 0.717) is 46.1 Å². The van der Waals surface area contributed by atoms with Crippen LogP contribution in [0.5, 0.6) is 17.2 Å². The molecule has 254 valence electrons. The van der Waals surface area contributed by atoms with E-state index >= 15 is 0 Å². The molecule has 3 aromatic carbocycles. The van der Waals surface area contributed by atoms with Gasteiger partial charge in [-0.05, 0) is 85.4 Å². The number of Topliss-reactive ketones (excluding diaryl/α,β-unsaturated/α-hetero) is 1. The summed E-state index contributed by atoms with van der Waals surface area (Å²) in [5, 5.41) is 9.16. The summed E-state index contributed by atoms with van der Waals surface area (Å²) in [6.07, 6.45) is 7.80. The number of rotatable bonds is 9. The Hall–Kier alpha value is -5.54. The smallest absolute Gasteiger partial charge is 0.238 e. The third kappa shape index (κ3) is 5.67. The number of hydrogen-bond donors (Lipinski definition) is 1. The molecule has 0 bridgehead atoms. The standard InChI is InChI=1S/C41H37NO8/c1-23-20-34(44)33-22-32-30(36(38(33)39(23)45)25-8-12-28(13-9-25)50-19-18-43)15-16-31-37(32)41(47)42(40(31)46)27-10-5-24(6-11-27)4-7-26-21-29(48-2)14-17-35(26)49-3/h4-15,17,20-21,31-32,36-37,43H,16,18-19,22H2,1-3H3/t31-,32+,36-,37-/m0/s1. The Bertz CT molecular complexity index is 2020. The predicted molar refractivity (Wildman–Crippen MR) is 188 cm³/mol. The highest BCUT2D eigenvalue weighted by molar-refractivity contribution is 6.25. The van der Waals surface area contributed by atoms with Crippen molar-refractivity contribution in [3.8, 4) is 17.2 Å². The number of carbonyl (C=O) groups is 4. The fourth-order valence-electron chi connectivity index (χ4n) is 7.81. The number of carbonyl (C=O) groups excluding carboxylic acids is 4. The number of methoxy groups -OCH3 is 2. The minimum Gasteiger partial charge on any atom is -0.497 e. The number of anilines is 1. The van der Waals surface area contributed by atoms with Crippen LogP contribution in [0.3, 0.4) is 0 Å². The van der Waals surface area contributed by atoms with Crippen molar-refractivity contribution in [1.82, 2.24) is 0 Å². The van der Waals surface area contributed by atoms with Crippen molar-refractivity contribution in [2.45, 2.75) is 25.7 Å². The summed E-state index contributed by atoms with van der Waals surface area (Å²) in [5.74, 6) is -1.19. The van der Waals surface area contributed by atoms with Crippen molar-refractivity contribution < 1.29 is 38.5 Å². The summed E-state index contributed by atoms with van der Waals surface area (Å²) in [6.45, 7) is 1.68. The van der Waals surface area contributed by atoms with Crippen LogP contribution in [0.15, 0.2) is 101 Å². The number of benzene rings is 3. The highest BCUT2D eigenvalue weighted by atomic mass is 16.5. The molecule has 7 rings (SSSR count). The maximum atomic E-state index is 14.3. The summed E-state index contributed by atoms with van der Waals surface area (Å²) in [6, 6.07) is 20.1. The number of amides is 2. The van der Waals surface area contributed by atoms with Gasteiger partial charge in [0, 0.05) is 28.2 Å². The minimum atomic E-state index is -0.666. The van der Waals surface area contributed by atoms with E-state index < -0.39 is 23.7 Å². The number of ether oxygens (including phenoxy) is 3. The van der Waals surface area contributed by atoms with Gasteiger partial charge in [-0.15, -0.1) is 0 Å². The first kappa shape index (κ1) is 33.0. The molecule has 50 heavy (non-hydrogen) atoms. The molecule has 4 atom stereocenters. The van der Waals surface area contributed by atoms with Crippen LogP contribution in [0.2, 0.25) is 0 Å². The molecule has 3 aromatic rings. The van der Waals surface area contributed by atoms with Crippen LogP contribution in [0.4, 0.5) is 5.69 Å². The molecule has 1 heterocycles. The van der Waals surface area contributed by atoms with Gasteiger partial charge in [0.15, 0.2) is 11.6 Å². The SMILES string of the molecule is COc1ccc(OC)c(C=Cc2ccc(N3C(=O)[C@H]4[C@H](CC=C5[C@H](c6ccc(OCCO)cc6)C6=C(C[C@H]54)C(=O)C=C(C)C6=O)C3=O)cc2)c1. The van der Waals surface area contributed by atoms with Crippen LogP contribution < -0.4 is 19.1 Å². The summed E-state index contributed by atoms with van der Waals surface area (Å²) >= 11 is 0. The van der Waals surface area contributed by atoms with E-state index in [2.05, 4.69) is 0 Å². The Morgan fingerprint density at radius 1 is 0.860 bits per heavy atom. The maximum Gasteiger partial charge on any atom is 0.238 e. The number of hydrogen-bond acceptors (Lipinski definition) is 8. The topological polar surface area (TPSA) is 119 Å². The first-order valence-electron chi connectivity index (χ1n) is 16.7. The molecule has 0 unspecified atom stereocenters. The van der Waals surface area contributed by atoms with Crippen LogP contribution in [-0.2, 0) is 19.2 Å². The third-order valence-corrected chi connectivity index (χ3v) is 10.2. The van der Waals surface area contributed by atoms with Crippen LogP contribution in [0, 0.1) is 17.8 Å². The molecular weight excluding hydrogens is 634 g/mol. The van der Waals surface area contributed by atoms with Crippen LogP contribution in [0.25, 0.3) is 12.2 Å². The van der Waals surface area contributed by atoms with Crippen LogP contribution in [0.1, 0.15) is 42.4 Å². The summed E-state index contributed by atoms with van der Waals surface area (Å²) in [7, 11) is 3.21. The van der Waals surface area contributed by atoms with Crippen molar-refractivity contribution in [2.24, 2.45) is 17.8 Å². The first-order valence-corrected chi connectivity index (χ1v) is 16.7. The van der Waals surface area contributed by atoms with Gasteiger partial charge in [0.25, 0.3) is 0 Å². The molecule has 3 aliphatic carbocycles. The lowest BCUT2D eigenvalue weighted by Gasteiger charge is -2.42. The third-order valence-electron chi connectivity index (χ3n) is 10.2. The van der Waals surface area contributed by atoms with Gasteiger partial charge in [0.1, 0.15) is 23.9 Å². The van der Waals surface area contributed by atoms with Crippen molar-refractivity contribution >= 4 is 41.2 Å². The number of allylic oxidation sites excluding steroid dienone is 6. The van der Waals surface area contributed by atoms with E-state index in [9.17, 15) is 19.2 Å². The van der Waals surface area contributed by atoms with Gasteiger partial charge in [0.2, 0.25) is 11.8 Å². The zero-order chi connectivity index (χ0) is 35.1. The normalized spacial score (nSPS) is 23.0. The van der Waals surface area contributed by atoms with E-state index in [4.69, 9.17) is 19.3 Å². The van der Waals surface area contributed by atoms with Gasteiger partial charge in [-0.25, -0.2) is 0 Å². The highest BCUT2D eigenvalue weighted by Gasteiger charge is 2.56. The van der Waals surface area contributed by atoms with E-state index in [1.807, 2.05) is 60.7 Å². The second-order valence-corrected chi connectivity index (χ2v) is 12.9. The predicted octanol–water partition coefficient (Wildman–Crippen LogP) is 5.88. The van der Waals surface area contributed by atoms with Crippen molar-refractivity contribution in [1.29, 1.82) is 0 Å². The largest absolute Gasteiger partial charge is 0.497 e. The molecular formula is C41H37NO8. The molecule has 4 aliphatic rings. The van der Waals surface area contributed by atoms with E-state index in [1.54, 1.807) is 45.4 Å². The average molecular weight is 672 g/mol. The molecule has 1 fully saturated rings. The fraction of sp³-hybridized carbons (Fsp3) is 0.268. The van der Waals surface area contributed by atoms with Crippen LogP contribution >= 0.6 is 0 Å². The molecule has 0 radical (unpaired) electrons. The van der Waals surface area contributed by atoms with Crippen molar-refractivity contribution in [3.63, 3.8) is 0 Å². The summed E-state index contributed by atoms with van der Waals surface area (Å²) in [4.78, 5) is 56.6. The number of aliphatic hydroxyl groups is 1. The van der Waals surface area contributed by atoms with Crippen molar-refractivity contribution in [3.05, 3.63) is 118 Å². The molecule has 9 nitrogen and oxygen atoms in total. The Morgan fingerprint density at radius 3 is 2.30 bits per heavy atom. The highest BCUT2D eigenvalue weighted by Crippen LogP contribution is 2.55. The summed E-state index contributed by atoms with van der Waals surface area (Å²) < 4.78 is 16.4. The average Bonchev–Trinajstić information content (AvgIpc) is 3.40. The lowest BCUT2D eigenvalue weighted by Crippen LogP contribution is -2.39. The second kappa shape index (κ2) is 13.4. The van der Waals surface area contributed by atoms with Gasteiger partial charge in [0.05, 0.1) is 38.3 Å². The number of imide groups is 1. The molecule has 0 aromatic heterocycles. The molecule has 1 aliphatic heterocycles.